The third kappa shape index (κ3) is 4.19. The number of thiazole rings is 1. The third-order valence-electron chi connectivity index (χ3n) is 3.75. The predicted molar refractivity (Wildman–Crippen MR) is 94.3 cm³/mol. The van der Waals surface area contributed by atoms with Crippen LogP contribution in [0.2, 0.25) is 0 Å². The molecule has 0 saturated carbocycles. The first-order chi connectivity index (χ1) is 11.5. The molecule has 0 saturated heterocycles. The van der Waals surface area contributed by atoms with Gasteiger partial charge < -0.3 is 10.6 Å². The average molecular weight is 349 g/mol. The fraction of sp³-hybridized carbons (Fsp3) is 0.500. The summed E-state index contributed by atoms with van der Waals surface area (Å²) in [6.45, 7) is 7.99. The van der Waals surface area contributed by atoms with Crippen molar-refractivity contribution >= 4 is 17.4 Å². The van der Waals surface area contributed by atoms with E-state index in [1.165, 1.54) is 0 Å². The van der Waals surface area contributed by atoms with E-state index >= 15 is 0 Å². The minimum absolute atomic E-state index is 0.170. The number of H-pyrrole nitrogens is 1. The molecule has 0 aliphatic carbocycles. The largest absolute Gasteiger partial charge is 0.334 e. The molecule has 2 aromatic rings. The van der Waals surface area contributed by atoms with Crippen molar-refractivity contribution in [2.24, 2.45) is 0 Å². The molecule has 0 radical (unpaired) electrons. The second-order valence-electron chi connectivity index (χ2n) is 5.52. The molecule has 1 atom stereocenters. The number of hydrogen-bond donors (Lipinski definition) is 3. The summed E-state index contributed by atoms with van der Waals surface area (Å²) in [6, 6.07) is -0.511. The summed E-state index contributed by atoms with van der Waals surface area (Å²) in [7, 11) is 0. The van der Waals surface area contributed by atoms with Gasteiger partial charge in [-0.2, -0.15) is 5.10 Å². The van der Waals surface area contributed by atoms with Crippen LogP contribution >= 0.6 is 11.3 Å². The molecule has 2 heterocycles. The first-order valence-electron chi connectivity index (χ1n) is 8.02. The van der Waals surface area contributed by atoms with Crippen molar-refractivity contribution in [1.82, 2.24) is 25.8 Å². The van der Waals surface area contributed by atoms with Crippen LogP contribution in [-0.4, -0.2) is 21.2 Å². The molecule has 8 heteroatoms. The smallest absolute Gasteiger partial charge is 0.315 e. The molecule has 24 heavy (non-hydrogen) atoms. The highest BCUT2D eigenvalue weighted by Crippen LogP contribution is 2.18. The maximum Gasteiger partial charge on any atom is 0.315 e. The van der Waals surface area contributed by atoms with E-state index in [0.717, 1.165) is 27.6 Å². The molecule has 0 aliphatic heterocycles. The van der Waals surface area contributed by atoms with E-state index in [1.54, 1.807) is 17.5 Å². The Balaban J connectivity index is 2.03. The van der Waals surface area contributed by atoms with Crippen molar-refractivity contribution in [2.45, 2.75) is 53.1 Å². The van der Waals surface area contributed by atoms with Gasteiger partial charge in [-0.1, -0.05) is 13.8 Å². The number of carbonyl (C=O) groups is 1. The zero-order valence-corrected chi connectivity index (χ0v) is 15.2. The molecular formula is C16H23N5O2S. The van der Waals surface area contributed by atoms with Gasteiger partial charge in [-0.05, 0) is 32.3 Å². The van der Waals surface area contributed by atoms with Gasteiger partial charge in [0.1, 0.15) is 5.01 Å². The van der Waals surface area contributed by atoms with Crippen LogP contribution in [0, 0.1) is 6.92 Å². The van der Waals surface area contributed by atoms with Crippen LogP contribution in [0.4, 0.5) is 4.79 Å². The fourth-order valence-electron chi connectivity index (χ4n) is 2.51. The topological polar surface area (TPSA) is 99.8 Å². The van der Waals surface area contributed by atoms with Crippen LogP contribution in [0.3, 0.4) is 0 Å². The first-order valence-corrected chi connectivity index (χ1v) is 8.83. The lowest BCUT2D eigenvalue weighted by molar-refractivity contribution is 0.237. The van der Waals surface area contributed by atoms with Crippen molar-refractivity contribution in [3.8, 4) is 0 Å². The lowest BCUT2D eigenvalue weighted by Crippen LogP contribution is -2.38. The second-order valence-corrected chi connectivity index (χ2v) is 6.79. The van der Waals surface area contributed by atoms with Gasteiger partial charge in [0.25, 0.3) is 5.56 Å². The quantitative estimate of drug-likeness (QED) is 0.744. The van der Waals surface area contributed by atoms with E-state index in [0.29, 0.717) is 12.0 Å². The van der Waals surface area contributed by atoms with E-state index in [4.69, 9.17) is 0 Å². The molecule has 0 unspecified atom stereocenters. The molecule has 0 aliphatic rings. The Kier molecular flexibility index (Phi) is 6.08. The number of nitrogens with zero attached hydrogens (tertiary/aromatic N) is 2. The molecule has 0 spiro atoms. The van der Waals surface area contributed by atoms with Gasteiger partial charge in [0.15, 0.2) is 0 Å². The Morgan fingerprint density at radius 2 is 2.08 bits per heavy atom. The van der Waals surface area contributed by atoms with Gasteiger partial charge in [-0.25, -0.2) is 14.9 Å². The highest BCUT2D eigenvalue weighted by molar-refractivity contribution is 7.11. The Morgan fingerprint density at radius 1 is 1.33 bits per heavy atom. The highest BCUT2D eigenvalue weighted by atomic mass is 32.1. The zero-order chi connectivity index (χ0) is 17.7. The van der Waals surface area contributed by atoms with Gasteiger partial charge in [-0.15, -0.1) is 11.3 Å². The van der Waals surface area contributed by atoms with E-state index in [-0.39, 0.29) is 24.2 Å². The Labute approximate surface area is 144 Å². The lowest BCUT2D eigenvalue weighted by atomic mass is 10.0. The Hall–Kier alpha value is -2.22. The van der Waals surface area contributed by atoms with Gasteiger partial charge in [0.05, 0.1) is 18.3 Å². The summed E-state index contributed by atoms with van der Waals surface area (Å²) in [5.74, 6) is 0. The minimum Gasteiger partial charge on any atom is -0.334 e. The number of amides is 2. The lowest BCUT2D eigenvalue weighted by Gasteiger charge is -2.14. The molecule has 2 rings (SSSR count). The van der Waals surface area contributed by atoms with Crippen LogP contribution in [0.5, 0.6) is 0 Å². The van der Waals surface area contributed by atoms with Crippen LogP contribution in [-0.2, 0) is 19.4 Å². The van der Waals surface area contributed by atoms with Gasteiger partial charge >= 0.3 is 6.03 Å². The maximum absolute atomic E-state index is 12.1. The number of carbonyl (C=O) groups excluding carboxylic acids is 1. The number of hydrogen-bond acceptors (Lipinski definition) is 5. The summed E-state index contributed by atoms with van der Waals surface area (Å²) >= 11 is 1.55. The molecule has 0 aromatic carbocycles. The molecule has 0 fully saturated rings. The van der Waals surface area contributed by atoms with Crippen LogP contribution in [0.1, 0.15) is 53.5 Å². The summed E-state index contributed by atoms with van der Waals surface area (Å²) in [6.07, 6.45) is 3.22. The maximum atomic E-state index is 12.1. The Morgan fingerprint density at radius 3 is 2.67 bits per heavy atom. The van der Waals surface area contributed by atoms with E-state index in [9.17, 15) is 9.59 Å². The summed E-state index contributed by atoms with van der Waals surface area (Å²) in [4.78, 5) is 29.5. The monoisotopic (exact) mass is 349 g/mol. The van der Waals surface area contributed by atoms with Crippen LogP contribution in [0.15, 0.2) is 11.0 Å². The van der Waals surface area contributed by atoms with Crippen molar-refractivity contribution in [3.63, 3.8) is 0 Å². The Bertz CT molecular complexity index is 768. The number of aromatic nitrogens is 3. The zero-order valence-electron chi connectivity index (χ0n) is 14.4. The average Bonchev–Trinajstić information content (AvgIpc) is 2.99. The number of rotatable bonds is 6. The number of aryl methyl sites for hydroxylation is 2. The van der Waals surface area contributed by atoms with E-state index in [1.807, 2.05) is 27.7 Å². The van der Waals surface area contributed by atoms with Crippen molar-refractivity contribution in [3.05, 3.63) is 43.3 Å². The first kappa shape index (κ1) is 18.1. The highest BCUT2D eigenvalue weighted by Gasteiger charge is 2.15. The van der Waals surface area contributed by atoms with Crippen LogP contribution in [0.25, 0.3) is 0 Å². The van der Waals surface area contributed by atoms with Gasteiger partial charge in [0, 0.05) is 16.6 Å². The number of urea groups is 1. The third-order valence-corrected chi connectivity index (χ3v) is 4.85. The predicted octanol–water partition coefficient (Wildman–Crippen LogP) is 2.22. The summed E-state index contributed by atoms with van der Waals surface area (Å²) < 4.78 is 0. The van der Waals surface area contributed by atoms with E-state index < -0.39 is 0 Å². The normalized spacial score (nSPS) is 12.0. The molecule has 130 valence electrons. The summed E-state index contributed by atoms with van der Waals surface area (Å²) in [5, 5.41) is 13.0. The number of nitrogens with one attached hydrogen (secondary N) is 3. The molecule has 7 nitrogen and oxygen atoms in total. The van der Waals surface area contributed by atoms with Crippen LogP contribution < -0.4 is 16.2 Å². The summed E-state index contributed by atoms with van der Waals surface area (Å²) in [5.41, 5.74) is 2.08. The van der Waals surface area contributed by atoms with Crippen molar-refractivity contribution < 1.29 is 4.79 Å². The van der Waals surface area contributed by atoms with Crippen molar-refractivity contribution in [2.75, 3.05) is 0 Å². The molecule has 3 N–H and O–H groups in total. The van der Waals surface area contributed by atoms with E-state index in [2.05, 4.69) is 25.8 Å². The molecular weight excluding hydrogens is 326 g/mol. The van der Waals surface area contributed by atoms with Gasteiger partial charge in [0.2, 0.25) is 0 Å². The molecule has 2 aromatic heterocycles. The molecule has 0 bridgehead atoms. The molecule has 2 amide bonds. The van der Waals surface area contributed by atoms with Gasteiger partial charge in [-0.3, -0.25) is 4.79 Å². The fourth-order valence-corrected chi connectivity index (χ4v) is 3.29. The second kappa shape index (κ2) is 8.05. The van der Waals surface area contributed by atoms with Crippen molar-refractivity contribution in [1.29, 1.82) is 0 Å². The number of aromatic amines is 1. The minimum atomic E-state index is -0.327. The standard InChI is InChI=1S/C16H23N5O2S/c1-5-11-12(14(22)21-20-13(11)6-2)8-18-16(23)19-10(4)15-17-7-9(3)24-15/h7,10H,5-6,8H2,1-4H3,(H,21,22)(H2,18,19,23)/t10-/m1/s1. The SMILES string of the molecule is CCc1n[nH]c(=O)c(CNC(=O)N[C@H](C)c2ncc(C)s2)c1CC.